The summed E-state index contributed by atoms with van der Waals surface area (Å²) in [5.74, 6) is -0.273. The van der Waals surface area contributed by atoms with Gasteiger partial charge >= 0.3 is 5.97 Å². The van der Waals surface area contributed by atoms with Gasteiger partial charge in [-0.25, -0.2) is 4.68 Å². The molecule has 0 unspecified atom stereocenters. The summed E-state index contributed by atoms with van der Waals surface area (Å²) in [6.07, 6.45) is 3.60. The van der Waals surface area contributed by atoms with Crippen molar-refractivity contribution in [2.24, 2.45) is 5.92 Å². The quantitative estimate of drug-likeness (QED) is 0.763. The molecule has 14 heavy (non-hydrogen) atoms. The summed E-state index contributed by atoms with van der Waals surface area (Å²) in [5, 5.41) is 16.1. The lowest BCUT2D eigenvalue weighted by atomic mass is 10.1. The largest absolute Gasteiger partial charge is 0.480 e. The van der Waals surface area contributed by atoms with Crippen LogP contribution in [0.15, 0.2) is 6.20 Å². The smallest absolute Gasteiger partial charge is 0.325 e. The average Bonchev–Trinajstić information content (AvgIpc) is 2.47. The van der Waals surface area contributed by atoms with Gasteiger partial charge in [0, 0.05) is 6.20 Å². The van der Waals surface area contributed by atoms with Gasteiger partial charge < -0.3 is 5.11 Å². The Balaban J connectivity index is 2.46. The molecule has 0 amide bonds. The molecule has 0 saturated heterocycles. The van der Waals surface area contributed by atoms with Gasteiger partial charge in [0.15, 0.2) is 0 Å². The van der Waals surface area contributed by atoms with E-state index in [1.807, 2.05) is 0 Å². The molecule has 5 nitrogen and oxygen atoms in total. The molecule has 1 aromatic heterocycles. The van der Waals surface area contributed by atoms with Gasteiger partial charge in [0.2, 0.25) is 0 Å². The zero-order valence-electron chi connectivity index (χ0n) is 8.47. The third kappa shape index (κ3) is 3.55. The first-order valence-electron chi connectivity index (χ1n) is 4.68. The molecular formula is C9H15N3O2. The van der Waals surface area contributed by atoms with Gasteiger partial charge in [-0.3, -0.25) is 4.79 Å². The van der Waals surface area contributed by atoms with Gasteiger partial charge in [-0.15, -0.1) is 5.10 Å². The van der Waals surface area contributed by atoms with E-state index in [1.54, 1.807) is 6.20 Å². The summed E-state index contributed by atoms with van der Waals surface area (Å²) < 4.78 is 1.35. The molecule has 78 valence electrons. The Labute approximate surface area is 82.7 Å². The van der Waals surface area contributed by atoms with Crippen LogP contribution in [0.1, 0.15) is 26.0 Å². The number of hydrogen-bond donors (Lipinski definition) is 1. The van der Waals surface area contributed by atoms with E-state index in [2.05, 4.69) is 24.2 Å². The Kier molecular flexibility index (Phi) is 3.62. The fourth-order valence-corrected chi connectivity index (χ4v) is 1.11. The highest BCUT2D eigenvalue weighted by Crippen LogP contribution is 2.05. The van der Waals surface area contributed by atoms with Crippen molar-refractivity contribution >= 4 is 5.97 Å². The van der Waals surface area contributed by atoms with Crippen LogP contribution in [-0.4, -0.2) is 26.1 Å². The molecular weight excluding hydrogens is 182 g/mol. The Morgan fingerprint density at radius 2 is 2.36 bits per heavy atom. The first kappa shape index (κ1) is 10.7. The molecule has 5 heteroatoms. The maximum absolute atomic E-state index is 10.4. The van der Waals surface area contributed by atoms with Crippen LogP contribution in [0.2, 0.25) is 0 Å². The van der Waals surface area contributed by atoms with Crippen molar-refractivity contribution in [1.29, 1.82) is 0 Å². The monoisotopic (exact) mass is 197 g/mol. The minimum Gasteiger partial charge on any atom is -0.480 e. The second kappa shape index (κ2) is 4.74. The molecule has 0 aliphatic heterocycles. The number of carboxylic acids is 1. The number of aryl methyl sites for hydroxylation is 1. The standard InChI is InChI=1S/C9H15N3O2/c1-7(2)3-4-8-5-12(11-10-8)6-9(13)14/h5,7H,3-4,6H2,1-2H3,(H,13,14). The van der Waals surface area contributed by atoms with E-state index in [0.29, 0.717) is 5.92 Å². The number of aliphatic carboxylic acids is 1. The van der Waals surface area contributed by atoms with Crippen molar-refractivity contribution in [1.82, 2.24) is 15.0 Å². The first-order chi connectivity index (χ1) is 6.58. The minimum atomic E-state index is -0.898. The second-order valence-corrected chi connectivity index (χ2v) is 3.73. The summed E-state index contributed by atoms with van der Waals surface area (Å²) in [6, 6.07) is 0. The van der Waals surface area contributed by atoms with Crippen LogP contribution in [0.4, 0.5) is 0 Å². The third-order valence-corrected chi connectivity index (χ3v) is 1.86. The second-order valence-electron chi connectivity index (χ2n) is 3.73. The predicted octanol–water partition coefficient (Wildman–Crippen LogP) is 0.951. The van der Waals surface area contributed by atoms with E-state index >= 15 is 0 Å². The Bertz CT molecular complexity index is 307. The van der Waals surface area contributed by atoms with Crippen molar-refractivity contribution in [3.05, 3.63) is 11.9 Å². The van der Waals surface area contributed by atoms with Crippen molar-refractivity contribution in [3.63, 3.8) is 0 Å². The molecule has 0 spiro atoms. The Morgan fingerprint density at radius 3 is 2.93 bits per heavy atom. The third-order valence-electron chi connectivity index (χ3n) is 1.86. The SMILES string of the molecule is CC(C)CCc1cn(CC(=O)O)nn1. The molecule has 1 aromatic rings. The minimum absolute atomic E-state index is 0.116. The van der Waals surface area contributed by atoms with Crippen LogP contribution < -0.4 is 0 Å². The van der Waals surface area contributed by atoms with Crippen LogP contribution >= 0.6 is 0 Å². The Morgan fingerprint density at radius 1 is 1.64 bits per heavy atom. The number of carboxylic acid groups (broad SMARTS) is 1. The number of aromatic nitrogens is 3. The van der Waals surface area contributed by atoms with Gasteiger partial charge in [0.25, 0.3) is 0 Å². The fraction of sp³-hybridized carbons (Fsp3) is 0.667. The van der Waals surface area contributed by atoms with E-state index in [1.165, 1.54) is 4.68 Å². The van der Waals surface area contributed by atoms with Gasteiger partial charge in [0.05, 0.1) is 5.69 Å². The maximum Gasteiger partial charge on any atom is 0.325 e. The number of carbonyl (C=O) groups is 1. The molecule has 0 aliphatic rings. The van der Waals surface area contributed by atoms with Gasteiger partial charge in [-0.1, -0.05) is 19.1 Å². The first-order valence-corrected chi connectivity index (χ1v) is 4.68. The lowest BCUT2D eigenvalue weighted by Gasteiger charge is -1.99. The molecule has 0 saturated carbocycles. The molecule has 0 bridgehead atoms. The summed E-state index contributed by atoms with van der Waals surface area (Å²) in [7, 11) is 0. The molecule has 1 N–H and O–H groups in total. The van der Waals surface area contributed by atoms with Crippen molar-refractivity contribution in [3.8, 4) is 0 Å². The van der Waals surface area contributed by atoms with Gasteiger partial charge in [-0.2, -0.15) is 0 Å². The number of hydrogen-bond acceptors (Lipinski definition) is 3. The molecule has 1 heterocycles. The molecule has 0 atom stereocenters. The molecule has 1 rings (SSSR count). The Hall–Kier alpha value is -1.39. The molecule has 0 fully saturated rings. The van der Waals surface area contributed by atoms with Gasteiger partial charge in [0.1, 0.15) is 6.54 Å². The lowest BCUT2D eigenvalue weighted by molar-refractivity contribution is -0.137. The van der Waals surface area contributed by atoms with Crippen LogP contribution in [0, 0.1) is 5.92 Å². The number of nitrogens with zero attached hydrogens (tertiary/aromatic N) is 3. The number of rotatable bonds is 5. The lowest BCUT2D eigenvalue weighted by Crippen LogP contribution is -2.08. The zero-order valence-corrected chi connectivity index (χ0v) is 8.47. The maximum atomic E-state index is 10.4. The fourth-order valence-electron chi connectivity index (χ4n) is 1.11. The van der Waals surface area contributed by atoms with Crippen LogP contribution in [0.25, 0.3) is 0 Å². The highest BCUT2D eigenvalue weighted by Gasteiger charge is 2.04. The molecule has 0 aromatic carbocycles. The highest BCUT2D eigenvalue weighted by atomic mass is 16.4. The van der Waals surface area contributed by atoms with Crippen LogP contribution in [-0.2, 0) is 17.8 Å². The normalized spacial score (nSPS) is 10.8. The van der Waals surface area contributed by atoms with Crippen LogP contribution in [0.5, 0.6) is 0 Å². The molecule has 0 radical (unpaired) electrons. The van der Waals surface area contributed by atoms with E-state index in [9.17, 15) is 4.79 Å². The van der Waals surface area contributed by atoms with Crippen LogP contribution in [0.3, 0.4) is 0 Å². The van der Waals surface area contributed by atoms with E-state index in [4.69, 9.17) is 5.11 Å². The van der Waals surface area contributed by atoms with E-state index < -0.39 is 5.97 Å². The molecule has 0 aliphatic carbocycles. The summed E-state index contributed by atoms with van der Waals surface area (Å²) in [5.41, 5.74) is 0.861. The topological polar surface area (TPSA) is 68.0 Å². The van der Waals surface area contributed by atoms with Gasteiger partial charge in [-0.05, 0) is 18.8 Å². The zero-order chi connectivity index (χ0) is 10.6. The van der Waals surface area contributed by atoms with Crippen molar-refractivity contribution < 1.29 is 9.90 Å². The highest BCUT2D eigenvalue weighted by molar-refractivity contribution is 5.66. The average molecular weight is 197 g/mol. The van der Waals surface area contributed by atoms with E-state index in [-0.39, 0.29) is 6.54 Å². The summed E-state index contributed by atoms with van der Waals surface area (Å²) in [6.45, 7) is 4.16. The summed E-state index contributed by atoms with van der Waals surface area (Å²) in [4.78, 5) is 10.4. The van der Waals surface area contributed by atoms with E-state index in [0.717, 1.165) is 18.5 Å². The van der Waals surface area contributed by atoms with Crippen molar-refractivity contribution in [2.45, 2.75) is 33.2 Å². The summed E-state index contributed by atoms with van der Waals surface area (Å²) >= 11 is 0. The predicted molar refractivity (Wildman–Crippen MR) is 50.8 cm³/mol. The van der Waals surface area contributed by atoms with Crippen molar-refractivity contribution in [2.75, 3.05) is 0 Å².